The van der Waals surface area contributed by atoms with Crippen molar-refractivity contribution >= 4 is 23.6 Å². The molecular formula is C117H134F3NO8. The number of carbonyl (C=O) groups excluding carboxylic acids is 3. The normalized spacial score (nSPS) is 10.8. The van der Waals surface area contributed by atoms with Crippen LogP contribution in [0.25, 0.3) is 60.5 Å². The largest absolute Gasteiger partial charge is 0.494 e. The van der Waals surface area contributed by atoms with Crippen LogP contribution in [0.5, 0.6) is 28.7 Å². The van der Waals surface area contributed by atoms with Gasteiger partial charge in [0.05, 0.1) is 36.5 Å². The van der Waals surface area contributed by atoms with E-state index < -0.39 is 35.4 Å². The number of unbranched alkanes of at least 4 members (excludes halogenated alkanes) is 21. The Hall–Kier alpha value is -12.1. The Bertz CT molecular complexity index is 5330. The fourth-order valence-corrected chi connectivity index (χ4v) is 15.1. The molecule has 0 atom stereocenters. The van der Waals surface area contributed by atoms with Crippen molar-refractivity contribution in [3.63, 3.8) is 0 Å². The molecule has 676 valence electrons. The molecule has 0 unspecified atom stereocenters. The van der Waals surface area contributed by atoms with Crippen molar-refractivity contribution in [2.45, 2.75) is 254 Å². The number of nitrogens with zero attached hydrogens (tertiary/aromatic N) is 1. The van der Waals surface area contributed by atoms with Crippen LogP contribution in [0.2, 0.25) is 0 Å². The lowest BCUT2D eigenvalue weighted by Gasteiger charge is -2.10. The minimum Gasteiger partial charge on any atom is -0.494 e. The average molecular weight is 1740 g/mol. The molecule has 0 aliphatic heterocycles. The maximum atomic E-state index is 14.4. The third-order valence-corrected chi connectivity index (χ3v) is 23.0. The van der Waals surface area contributed by atoms with Gasteiger partial charge in [0.25, 0.3) is 0 Å². The van der Waals surface area contributed by atoms with Crippen LogP contribution < -0.4 is 23.7 Å². The molecule has 0 N–H and O–H groups in total. The second-order valence-electron chi connectivity index (χ2n) is 33.6. The highest BCUT2D eigenvalue weighted by Crippen LogP contribution is 2.37. The first-order chi connectivity index (χ1) is 63.0. The van der Waals surface area contributed by atoms with Crippen LogP contribution in [0.15, 0.2) is 267 Å². The van der Waals surface area contributed by atoms with E-state index in [1.807, 2.05) is 122 Å². The van der Waals surface area contributed by atoms with Gasteiger partial charge in [-0.2, -0.15) is 0 Å². The van der Waals surface area contributed by atoms with Crippen molar-refractivity contribution in [3.8, 4) is 84.4 Å². The molecule has 0 amide bonds. The summed E-state index contributed by atoms with van der Waals surface area (Å²) in [7, 11) is 0. The molecule has 0 bridgehead atoms. The highest BCUT2D eigenvalue weighted by atomic mass is 19.1. The van der Waals surface area contributed by atoms with Gasteiger partial charge in [-0.3, -0.25) is 0 Å². The van der Waals surface area contributed by atoms with Crippen LogP contribution in [0.1, 0.15) is 279 Å². The maximum absolute atomic E-state index is 14.4. The minimum absolute atomic E-state index is 0.0285. The second kappa shape index (κ2) is 57.0. The van der Waals surface area contributed by atoms with E-state index in [1.165, 1.54) is 163 Å². The summed E-state index contributed by atoms with van der Waals surface area (Å²) in [5.41, 5.74) is 18.9. The number of aryl methyl sites for hydroxylation is 6. The molecule has 9 nitrogen and oxygen atoms in total. The molecule has 12 rings (SSSR count). The van der Waals surface area contributed by atoms with Gasteiger partial charge in [0, 0.05) is 0 Å². The lowest BCUT2D eigenvalue weighted by Crippen LogP contribution is -2.09. The summed E-state index contributed by atoms with van der Waals surface area (Å²) in [6.45, 7) is 26.3. The third-order valence-electron chi connectivity index (χ3n) is 23.0. The number of ether oxygens (including phenoxy) is 5. The van der Waals surface area contributed by atoms with E-state index >= 15 is 0 Å². The molecular weight excluding hydrogens is 1600 g/mol. The molecule has 12 heteroatoms. The van der Waals surface area contributed by atoms with Gasteiger partial charge in [-0.15, -0.1) is 0 Å². The topological polar surface area (TPSA) is 102 Å². The Morgan fingerprint density at radius 1 is 0.264 bits per heavy atom. The number of benzene rings is 12. The Kier molecular flexibility index (Phi) is 44.5. The molecule has 0 saturated heterocycles. The summed E-state index contributed by atoms with van der Waals surface area (Å²) < 4.78 is 70.2. The van der Waals surface area contributed by atoms with Gasteiger partial charge < -0.3 is 23.7 Å². The van der Waals surface area contributed by atoms with Gasteiger partial charge in [0.15, 0.2) is 40.4 Å². The first kappa shape index (κ1) is 101. The van der Waals surface area contributed by atoms with E-state index in [4.69, 9.17) is 30.3 Å². The van der Waals surface area contributed by atoms with E-state index in [1.54, 1.807) is 61.5 Å². The highest BCUT2D eigenvalue weighted by Gasteiger charge is 2.18. The van der Waals surface area contributed by atoms with Gasteiger partial charge in [0.2, 0.25) is 0 Å². The first-order valence-electron chi connectivity index (χ1n) is 47.5. The molecule has 0 aromatic heterocycles. The van der Waals surface area contributed by atoms with E-state index in [2.05, 4.69) is 119 Å². The minimum atomic E-state index is -0.576. The molecule has 0 fully saturated rings. The standard InChI is InChI=1S/C32H39FO3.C32H39FO2.C32H39NO.C21H17FO2/c1-3-5-7-8-9-11-23-35-29-20-18-27(19-21-29)26-14-16-28(17-15-26)32(34)36-31-22-13-25(24-30(31)33)12-10-6-4-2;1-3-5-7-8-9-11-12-25-14-17-27(18-15-25)28-19-21-29(22-20-28)32(34)35-31-23-16-26(24-30(31)33)13-10-6-4-2;1-4-6-8-9-10-12-24-34-30-21-18-27(19-22-30)29-20-23-31(32(25-29)33-3)28-16-14-26(15-17-28)13-11-7-5-2;1-14-3-6-16(7-4-14)17-8-10-18(11-9-17)21(23)24-20-12-5-15(2)13-19(20)22/h13-22,24H,3-12,23H2,1-2H3;14-24H,3-13H2,1-2H3;14-23,25H,4-13,24H2,1-2H3;3-13H,1-2H3. The van der Waals surface area contributed by atoms with Crippen LogP contribution in [0, 0.1) is 37.9 Å². The highest BCUT2D eigenvalue weighted by molar-refractivity contribution is 5.93. The average Bonchev–Trinajstić information content (AvgIpc) is 0.865. The predicted molar refractivity (Wildman–Crippen MR) is 527 cm³/mol. The Morgan fingerprint density at radius 2 is 0.527 bits per heavy atom. The second-order valence-corrected chi connectivity index (χ2v) is 33.6. The lowest BCUT2D eigenvalue weighted by atomic mass is 9.97. The molecule has 129 heavy (non-hydrogen) atoms. The first-order valence-corrected chi connectivity index (χ1v) is 47.5. The van der Waals surface area contributed by atoms with E-state index in [9.17, 15) is 27.6 Å². The van der Waals surface area contributed by atoms with Gasteiger partial charge in [0.1, 0.15) is 11.5 Å². The molecule has 12 aromatic carbocycles. The van der Waals surface area contributed by atoms with Crippen LogP contribution in [-0.4, -0.2) is 31.1 Å². The van der Waals surface area contributed by atoms with Crippen LogP contribution in [0.4, 0.5) is 18.9 Å². The summed E-state index contributed by atoms with van der Waals surface area (Å²) in [5, 5.41) is 0. The number of hydrogen-bond donors (Lipinski definition) is 0. The van der Waals surface area contributed by atoms with Crippen molar-refractivity contribution in [2.75, 3.05) is 13.2 Å². The summed E-state index contributed by atoms with van der Waals surface area (Å²) in [6.07, 6.45) is 37.1. The van der Waals surface area contributed by atoms with E-state index in [0.717, 1.165) is 174 Å². The summed E-state index contributed by atoms with van der Waals surface area (Å²) in [4.78, 5) is 41.1. The zero-order valence-electron chi connectivity index (χ0n) is 77.6. The van der Waals surface area contributed by atoms with Crippen molar-refractivity contribution in [2.24, 2.45) is 0 Å². The van der Waals surface area contributed by atoms with Gasteiger partial charge in [-0.05, 0) is 265 Å². The number of esters is 3. The summed E-state index contributed by atoms with van der Waals surface area (Å²) >= 11 is 0. The summed E-state index contributed by atoms with van der Waals surface area (Å²) in [6, 6.07) is 83.6. The molecule has 0 spiro atoms. The fourth-order valence-electron chi connectivity index (χ4n) is 15.1. The Balaban J connectivity index is 0.000000196. The smallest absolute Gasteiger partial charge is 0.343 e. The van der Waals surface area contributed by atoms with Crippen molar-refractivity contribution in [3.05, 3.63) is 346 Å². The van der Waals surface area contributed by atoms with Gasteiger partial charge in [-0.25, -0.2) is 32.4 Å². The number of carbonyl (C=O) groups is 3. The van der Waals surface area contributed by atoms with Crippen LogP contribution in [0.3, 0.4) is 0 Å². The molecule has 0 aliphatic carbocycles. The Morgan fingerprint density at radius 3 is 0.884 bits per heavy atom. The van der Waals surface area contributed by atoms with E-state index in [-0.39, 0.29) is 17.2 Å². The zero-order chi connectivity index (χ0) is 91.6. The number of hydrogen-bond acceptors (Lipinski definition) is 8. The summed E-state index contributed by atoms with van der Waals surface area (Å²) in [5.74, 6) is -1.59. The van der Waals surface area contributed by atoms with E-state index in [0.29, 0.717) is 22.4 Å². The zero-order valence-corrected chi connectivity index (χ0v) is 77.6. The fraction of sp³-hybridized carbons (Fsp3) is 0.350. The number of rotatable bonds is 46. The monoisotopic (exact) mass is 1740 g/mol. The molecule has 0 aliphatic rings. The van der Waals surface area contributed by atoms with Crippen molar-refractivity contribution in [1.29, 1.82) is 0 Å². The van der Waals surface area contributed by atoms with Crippen molar-refractivity contribution < 1.29 is 51.2 Å². The lowest BCUT2D eigenvalue weighted by molar-refractivity contribution is 0.0718. The molecule has 0 radical (unpaired) electrons. The maximum Gasteiger partial charge on any atom is 0.343 e. The van der Waals surface area contributed by atoms with Crippen LogP contribution >= 0.6 is 0 Å². The third kappa shape index (κ3) is 35.1. The Labute approximate surface area is 768 Å². The van der Waals surface area contributed by atoms with Crippen molar-refractivity contribution in [1.82, 2.24) is 0 Å². The van der Waals surface area contributed by atoms with Crippen LogP contribution in [-0.2, 0) is 25.7 Å². The molecule has 0 heterocycles. The van der Waals surface area contributed by atoms with Gasteiger partial charge >= 0.3 is 17.9 Å². The van der Waals surface area contributed by atoms with Gasteiger partial charge in [-0.1, -0.05) is 346 Å². The molecule has 0 saturated carbocycles. The molecule has 12 aromatic rings. The quantitative estimate of drug-likeness (QED) is 0.0161. The number of halogens is 3. The SMILES string of the molecule is CCCCCCCCOc1ccc(-c2ccc(C(=O)Oc3ccc(CCCCC)cc3F)cc2)cc1.CCCCCCCCc1ccc(-c2ccc(C(=O)Oc3ccc(CCCCC)cc3F)cc2)cc1.Cc1ccc(-c2ccc(C(=O)Oc3ccc(C)cc3F)cc2)cc1.[C-]#[N+]c1cc(-c2ccc(OCCCCCCCC)cc2)ccc1-c1ccc(CCCCC)cc1. The predicted octanol–water partition coefficient (Wildman–Crippen LogP) is 33.9.